The highest BCUT2D eigenvalue weighted by Gasteiger charge is 2.47. The van der Waals surface area contributed by atoms with Crippen LogP contribution in [0.5, 0.6) is 0 Å². The molecule has 0 bridgehead atoms. The van der Waals surface area contributed by atoms with Crippen LogP contribution in [0.4, 0.5) is 0 Å². The molecule has 0 aromatic rings. The predicted molar refractivity (Wildman–Crippen MR) is 292 cm³/mol. The van der Waals surface area contributed by atoms with Crippen LogP contribution in [0.15, 0.2) is 85.1 Å². The van der Waals surface area contributed by atoms with Gasteiger partial charge in [-0.15, -0.1) is 0 Å². The van der Waals surface area contributed by atoms with E-state index in [-0.39, 0.29) is 19.4 Å². The number of hydrogen-bond donors (Lipinski definition) is 6. The van der Waals surface area contributed by atoms with Gasteiger partial charge in [0.1, 0.15) is 24.4 Å². The molecule has 1 fully saturated rings. The lowest BCUT2D eigenvalue weighted by Gasteiger charge is -2.41. The maximum atomic E-state index is 13.4. The Kier molecular flexibility index (Phi) is 44.4. The average molecular weight is 998 g/mol. The second-order valence-corrected chi connectivity index (χ2v) is 19.4. The first-order chi connectivity index (χ1) is 34.7. The van der Waals surface area contributed by atoms with Crippen molar-refractivity contribution in [1.29, 1.82) is 0 Å². The van der Waals surface area contributed by atoms with Gasteiger partial charge < -0.3 is 45.1 Å². The molecule has 1 saturated heterocycles. The van der Waals surface area contributed by atoms with Crippen molar-refractivity contribution in [3.05, 3.63) is 85.1 Å². The first-order valence-electron chi connectivity index (χ1n) is 28.4. The molecule has 6 N–H and O–H groups in total. The summed E-state index contributed by atoms with van der Waals surface area (Å²) in [5.74, 6) is -1.24. The number of aliphatic hydroxyl groups is 5. The first kappa shape index (κ1) is 65.9. The van der Waals surface area contributed by atoms with E-state index >= 15 is 0 Å². The van der Waals surface area contributed by atoms with Crippen LogP contribution in [-0.4, -0.2) is 99.6 Å². The van der Waals surface area contributed by atoms with Crippen LogP contribution < -0.4 is 5.32 Å². The fourth-order valence-corrected chi connectivity index (χ4v) is 8.45. The Bertz CT molecular complexity index is 1470. The molecule has 11 nitrogen and oxygen atoms in total. The number of hydrogen-bond acceptors (Lipinski definition) is 10. The van der Waals surface area contributed by atoms with E-state index in [2.05, 4.69) is 32.2 Å². The van der Waals surface area contributed by atoms with Gasteiger partial charge in [0.2, 0.25) is 5.91 Å². The number of amides is 1. The molecule has 0 saturated carbocycles. The molecule has 1 aliphatic rings. The van der Waals surface area contributed by atoms with Gasteiger partial charge in [-0.2, -0.15) is 0 Å². The normalized spacial score (nSPS) is 20.3. The molecule has 0 aromatic heterocycles. The molecule has 1 rings (SSSR count). The smallest absolute Gasteiger partial charge is 0.306 e. The summed E-state index contributed by atoms with van der Waals surface area (Å²) in [4.78, 5) is 26.4. The highest BCUT2D eigenvalue weighted by atomic mass is 16.7. The molecule has 11 heteroatoms. The minimum absolute atomic E-state index is 0.117. The Morgan fingerprint density at radius 3 is 1.52 bits per heavy atom. The summed E-state index contributed by atoms with van der Waals surface area (Å²) in [6.07, 6.45) is 50.5. The van der Waals surface area contributed by atoms with Gasteiger partial charge in [-0.25, -0.2) is 0 Å². The summed E-state index contributed by atoms with van der Waals surface area (Å²) in [7, 11) is 0. The van der Waals surface area contributed by atoms with E-state index in [1.807, 2.05) is 72.9 Å². The van der Waals surface area contributed by atoms with Crippen LogP contribution in [0.25, 0.3) is 0 Å². The van der Waals surface area contributed by atoms with Crippen LogP contribution in [0.3, 0.4) is 0 Å². The van der Waals surface area contributed by atoms with Crippen LogP contribution in [0.2, 0.25) is 0 Å². The summed E-state index contributed by atoms with van der Waals surface area (Å²) in [5.41, 5.74) is 0. The highest BCUT2D eigenvalue weighted by molar-refractivity contribution is 5.80. The second kappa shape index (κ2) is 47.8. The molecular weight excluding hydrogens is 895 g/mol. The van der Waals surface area contributed by atoms with Gasteiger partial charge in [0, 0.05) is 6.42 Å². The number of nitrogens with one attached hydrogen (secondary N) is 1. The van der Waals surface area contributed by atoms with E-state index in [9.17, 15) is 35.1 Å². The van der Waals surface area contributed by atoms with Crippen LogP contribution in [0.1, 0.15) is 220 Å². The van der Waals surface area contributed by atoms with Gasteiger partial charge in [-0.3, -0.25) is 9.59 Å². The van der Waals surface area contributed by atoms with Crippen molar-refractivity contribution in [1.82, 2.24) is 5.32 Å². The van der Waals surface area contributed by atoms with Gasteiger partial charge in [0.25, 0.3) is 0 Å². The van der Waals surface area contributed by atoms with Gasteiger partial charge in [-0.05, 0) is 44.9 Å². The molecule has 8 atom stereocenters. The zero-order valence-electron chi connectivity index (χ0n) is 44.8. The minimum Gasteiger partial charge on any atom is -0.454 e. The first-order valence-corrected chi connectivity index (χ1v) is 28.4. The summed E-state index contributed by atoms with van der Waals surface area (Å²) in [6, 6.07) is -1.05. The second-order valence-electron chi connectivity index (χ2n) is 19.4. The number of rotatable bonds is 46. The standard InChI is InChI=1S/C60H103NO10/c1-4-7-10-13-16-19-22-25-27-28-29-32-35-38-41-44-47-53(64)59(68)61-51(52(63)46-43-40-37-34-31-24-21-18-15-12-9-6-3)50-69-60-58(57(67)56(66)54(49-62)70-60)71-55(65)48-45-42-39-36-33-30-26-23-20-17-14-11-8-5-2/h7,10,13,16,19,22,25,27-29,32,35,43,46,51-54,56-58,60,62-64,66-67H,4-6,8-9,11-12,14-15,17-18,20-21,23-24,26,30-31,33-34,36-42,44-45,47-50H2,1-3H3,(H,61,68)/b10-7-,16-13+,22-19+,27-25-,29-28+,35-32+,46-43+. The van der Waals surface area contributed by atoms with Crippen LogP contribution in [-0.2, 0) is 23.8 Å². The third kappa shape index (κ3) is 36.4. The lowest BCUT2D eigenvalue weighted by Crippen LogP contribution is -2.61. The maximum Gasteiger partial charge on any atom is 0.306 e. The van der Waals surface area contributed by atoms with Crippen molar-refractivity contribution in [2.75, 3.05) is 13.2 Å². The maximum absolute atomic E-state index is 13.4. The minimum atomic E-state index is -1.62. The fourth-order valence-electron chi connectivity index (χ4n) is 8.45. The topological polar surface area (TPSA) is 175 Å². The summed E-state index contributed by atoms with van der Waals surface area (Å²) < 4.78 is 17.5. The summed E-state index contributed by atoms with van der Waals surface area (Å²) >= 11 is 0. The molecule has 0 radical (unpaired) electrons. The van der Waals surface area contributed by atoms with Crippen LogP contribution >= 0.6 is 0 Å². The number of ether oxygens (including phenoxy) is 3. The molecular formula is C60H103NO10. The van der Waals surface area contributed by atoms with E-state index in [0.29, 0.717) is 12.8 Å². The number of carbonyl (C=O) groups is 2. The molecule has 8 unspecified atom stereocenters. The number of allylic oxidation sites excluding steroid dienone is 13. The molecule has 0 aromatic carbocycles. The number of unbranched alkanes of at least 4 members (excludes halogenated alkanes) is 25. The van der Waals surface area contributed by atoms with E-state index in [1.165, 1.54) is 109 Å². The van der Waals surface area contributed by atoms with Gasteiger partial charge in [0.15, 0.2) is 12.4 Å². The van der Waals surface area contributed by atoms with Crippen molar-refractivity contribution < 1.29 is 49.3 Å². The number of esters is 1. The predicted octanol–water partition coefficient (Wildman–Crippen LogP) is 12.6. The molecule has 0 spiro atoms. The fraction of sp³-hybridized carbons (Fsp3) is 0.733. The van der Waals surface area contributed by atoms with Crippen LogP contribution in [0, 0.1) is 0 Å². The zero-order chi connectivity index (χ0) is 51.8. The van der Waals surface area contributed by atoms with Crippen molar-refractivity contribution in [3.63, 3.8) is 0 Å². The largest absolute Gasteiger partial charge is 0.454 e. The number of aliphatic hydroxyl groups excluding tert-OH is 5. The average Bonchev–Trinajstić information content (AvgIpc) is 3.37. The highest BCUT2D eigenvalue weighted by Crippen LogP contribution is 2.26. The van der Waals surface area contributed by atoms with Crippen molar-refractivity contribution in [2.24, 2.45) is 0 Å². The van der Waals surface area contributed by atoms with Crippen molar-refractivity contribution in [2.45, 2.75) is 269 Å². The summed E-state index contributed by atoms with van der Waals surface area (Å²) in [5, 5.41) is 56.7. The molecule has 1 amide bonds. The quantitative estimate of drug-likeness (QED) is 0.0149. The van der Waals surface area contributed by atoms with Gasteiger partial charge >= 0.3 is 5.97 Å². The summed E-state index contributed by atoms with van der Waals surface area (Å²) in [6.45, 7) is 5.59. The van der Waals surface area contributed by atoms with Crippen molar-refractivity contribution in [3.8, 4) is 0 Å². The lowest BCUT2D eigenvalue weighted by molar-refractivity contribution is -0.305. The van der Waals surface area contributed by atoms with E-state index in [1.54, 1.807) is 6.08 Å². The molecule has 1 heterocycles. The lowest BCUT2D eigenvalue weighted by atomic mass is 9.99. The third-order valence-corrected chi connectivity index (χ3v) is 13.0. The SMILES string of the molecule is CC\C=C/C=C/C=C/C=C\C=C\C=C\CCCCC(O)C(=O)NC(COC1OC(CO)C(O)C(O)C1OC(=O)CCCCCCCCCCCCCCCC)C(O)/C=C/CCCCCCCCCCCC. The Labute approximate surface area is 432 Å². The Balaban J connectivity index is 2.79. The molecule has 0 aliphatic carbocycles. The van der Waals surface area contributed by atoms with E-state index in [4.69, 9.17) is 14.2 Å². The number of carbonyl (C=O) groups excluding carboxylic acids is 2. The Morgan fingerprint density at radius 2 is 1.01 bits per heavy atom. The van der Waals surface area contributed by atoms with E-state index < -0.39 is 67.4 Å². The monoisotopic (exact) mass is 998 g/mol. The molecule has 408 valence electrons. The molecule has 71 heavy (non-hydrogen) atoms. The third-order valence-electron chi connectivity index (χ3n) is 13.0. The van der Waals surface area contributed by atoms with Gasteiger partial charge in [-0.1, -0.05) is 254 Å². The van der Waals surface area contributed by atoms with Gasteiger partial charge in [0.05, 0.1) is 25.4 Å². The Hall–Kier alpha value is -3.16. The zero-order valence-corrected chi connectivity index (χ0v) is 44.8. The molecule has 1 aliphatic heterocycles. The van der Waals surface area contributed by atoms with E-state index in [0.717, 1.165) is 64.2 Å². The van der Waals surface area contributed by atoms with Crippen molar-refractivity contribution >= 4 is 11.9 Å². The Morgan fingerprint density at radius 1 is 0.563 bits per heavy atom.